The zero-order valence-corrected chi connectivity index (χ0v) is 10.2. The summed E-state index contributed by atoms with van der Waals surface area (Å²) < 4.78 is 4.97. The maximum Gasteiger partial charge on any atom is 0.255 e. The molecule has 1 rings (SSSR count). The second-order valence-corrected chi connectivity index (χ2v) is 3.88. The normalized spacial score (nSPS) is 9.71. The SMILES string of the molecule is COc1ccc(O)c(C(=O)NCCC(N)=S)c1. The van der Waals surface area contributed by atoms with Crippen LogP contribution in [0.2, 0.25) is 0 Å². The first kappa shape index (κ1) is 13.2. The third kappa shape index (κ3) is 3.92. The van der Waals surface area contributed by atoms with E-state index in [0.717, 1.165) is 0 Å². The fraction of sp³-hybridized carbons (Fsp3) is 0.273. The molecule has 1 amide bonds. The number of phenols is 1. The molecule has 0 aromatic heterocycles. The van der Waals surface area contributed by atoms with Gasteiger partial charge in [0, 0.05) is 13.0 Å². The van der Waals surface area contributed by atoms with Gasteiger partial charge in [0.05, 0.1) is 17.7 Å². The van der Waals surface area contributed by atoms with Crippen molar-refractivity contribution in [2.75, 3.05) is 13.7 Å². The average molecular weight is 254 g/mol. The summed E-state index contributed by atoms with van der Waals surface area (Å²) in [4.78, 5) is 12.0. The highest BCUT2D eigenvalue weighted by Gasteiger charge is 2.11. The van der Waals surface area contributed by atoms with Gasteiger partial charge in [0.15, 0.2) is 0 Å². The molecule has 0 saturated carbocycles. The molecule has 0 saturated heterocycles. The number of nitrogens with one attached hydrogen (secondary N) is 1. The number of hydrogen-bond donors (Lipinski definition) is 3. The van der Waals surface area contributed by atoms with Crippen molar-refractivity contribution in [2.24, 2.45) is 5.73 Å². The Bertz CT molecular complexity index is 435. The van der Waals surface area contributed by atoms with Crippen molar-refractivity contribution < 1.29 is 14.6 Å². The molecule has 0 aliphatic carbocycles. The highest BCUT2D eigenvalue weighted by molar-refractivity contribution is 7.80. The van der Waals surface area contributed by atoms with Gasteiger partial charge in [-0.2, -0.15) is 0 Å². The van der Waals surface area contributed by atoms with Gasteiger partial charge in [-0.3, -0.25) is 4.79 Å². The Hall–Kier alpha value is -1.82. The van der Waals surface area contributed by atoms with Crippen molar-refractivity contribution in [3.8, 4) is 11.5 Å². The van der Waals surface area contributed by atoms with Crippen LogP contribution < -0.4 is 15.8 Å². The van der Waals surface area contributed by atoms with Crippen LogP contribution >= 0.6 is 12.2 Å². The summed E-state index contributed by atoms with van der Waals surface area (Å²) in [5.41, 5.74) is 5.46. The van der Waals surface area contributed by atoms with Gasteiger partial charge in [-0.05, 0) is 18.2 Å². The lowest BCUT2D eigenvalue weighted by atomic mass is 10.1. The smallest absolute Gasteiger partial charge is 0.255 e. The number of thiocarbonyl (C=S) groups is 1. The number of hydrogen-bond acceptors (Lipinski definition) is 4. The number of aromatic hydroxyl groups is 1. The van der Waals surface area contributed by atoms with Crippen molar-refractivity contribution >= 4 is 23.1 Å². The molecule has 6 heteroatoms. The summed E-state index contributed by atoms with van der Waals surface area (Å²) in [6.45, 7) is 0.338. The predicted molar refractivity (Wildman–Crippen MR) is 68.4 cm³/mol. The first-order chi connectivity index (χ1) is 8.04. The van der Waals surface area contributed by atoms with E-state index >= 15 is 0 Å². The van der Waals surface area contributed by atoms with Crippen LogP contribution in [0.5, 0.6) is 11.5 Å². The molecular formula is C11H14N2O3S. The minimum absolute atomic E-state index is 0.0985. The molecule has 0 aliphatic heterocycles. The molecule has 0 heterocycles. The Labute approximate surface area is 105 Å². The lowest BCUT2D eigenvalue weighted by Crippen LogP contribution is -2.27. The molecule has 17 heavy (non-hydrogen) atoms. The van der Waals surface area contributed by atoms with Crippen LogP contribution in [0.1, 0.15) is 16.8 Å². The highest BCUT2D eigenvalue weighted by atomic mass is 32.1. The summed E-state index contributed by atoms with van der Waals surface area (Å²) in [6, 6.07) is 4.44. The Morgan fingerprint density at radius 2 is 2.29 bits per heavy atom. The summed E-state index contributed by atoms with van der Waals surface area (Å²) >= 11 is 4.69. The fourth-order valence-electron chi connectivity index (χ4n) is 1.22. The molecule has 5 nitrogen and oxygen atoms in total. The van der Waals surface area contributed by atoms with Crippen LogP contribution in [0.3, 0.4) is 0 Å². The minimum Gasteiger partial charge on any atom is -0.507 e. The Kier molecular flexibility index (Phi) is 4.71. The monoisotopic (exact) mass is 254 g/mol. The van der Waals surface area contributed by atoms with Crippen LogP contribution in [0, 0.1) is 0 Å². The maximum atomic E-state index is 11.7. The number of nitrogens with two attached hydrogens (primary N) is 1. The van der Waals surface area contributed by atoms with E-state index in [4.69, 9.17) is 10.5 Å². The molecule has 0 atom stereocenters. The Balaban J connectivity index is 2.70. The molecule has 92 valence electrons. The number of carbonyl (C=O) groups is 1. The number of rotatable bonds is 5. The van der Waals surface area contributed by atoms with Crippen molar-refractivity contribution in [3.63, 3.8) is 0 Å². The average Bonchev–Trinajstić information content (AvgIpc) is 2.29. The van der Waals surface area contributed by atoms with E-state index in [9.17, 15) is 9.90 Å². The van der Waals surface area contributed by atoms with Crippen molar-refractivity contribution in [2.45, 2.75) is 6.42 Å². The van der Waals surface area contributed by atoms with E-state index in [1.54, 1.807) is 6.07 Å². The van der Waals surface area contributed by atoms with Crippen molar-refractivity contribution in [1.82, 2.24) is 5.32 Å². The summed E-state index contributed by atoms with van der Waals surface area (Å²) in [6.07, 6.45) is 0.422. The minimum atomic E-state index is -0.391. The van der Waals surface area contributed by atoms with Gasteiger partial charge in [0.1, 0.15) is 11.5 Å². The zero-order valence-electron chi connectivity index (χ0n) is 9.40. The lowest BCUT2D eigenvalue weighted by molar-refractivity contribution is 0.0952. The molecular weight excluding hydrogens is 240 g/mol. The van der Waals surface area contributed by atoms with Crippen molar-refractivity contribution in [3.05, 3.63) is 23.8 Å². The Morgan fingerprint density at radius 1 is 1.59 bits per heavy atom. The predicted octanol–water partition coefficient (Wildman–Crippen LogP) is 0.807. The summed E-state index contributed by atoms with van der Waals surface area (Å²) in [7, 11) is 1.49. The molecule has 0 aliphatic rings. The number of carbonyl (C=O) groups excluding carboxylic acids is 1. The largest absolute Gasteiger partial charge is 0.507 e. The van der Waals surface area contributed by atoms with Gasteiger partial charge in [-0.25, -0.2) is 0 Å². The quantitative estimate of drug-likeness (QED) is 0.677. The molecule has 1 aromatic carbocycles. The third-order valence-electron chi connectivity index (χ3n) is 2.11. The first-order valence-electron chi connectivity index (χ1n) is 4.98. The second-order valence-electron chi connectivity index (χ2n) is 3.36. The van der Waals surface area contributed by atoms with Gasteiger partial charge < -0.3 is 20.9 Å². The molecule has 0 fully saturated rings. The van der Waals surface area contributed by atoms with Gasteiger partial charge >= 0.3 is 0 Å². The van der Waals surface area contributed by atoms with E-state index in [1.165, 1.54) is 19.2 Å². The zero-order chi connectivity index (χ0) is 12.8. The van der Waals surface area contributed by atoms with E-state index in [2.05, 4.69) is 17.5 Å². The van der Waals surface area contributed by atoms with Gasteiger partial charge in [0.25, 0.3) is 5.91 Å². The van der Waals surface area contributed by atoms with Crippen LogP contribution in [0.25, 0.3) is 0 Å². The summed E-state index contributed by atoms with van der Waals surface area (Å²) in [5, 5.41) is 12.1. The molecule has 0 radical (unpaired) electrons. The number of amides is 1. The van der Waals surface area contributed by atoms with E-state index in [1.807, 2.05) is 0 Å². The molecule has 0 unspecified atom stereocenters. The van der Waals surface area contributed by atoms with E-state index in [-0.39, 0.29) is 11.3 Å². The highest BCUT2D eigenvalue weighted by Crippen LogP contribution is 2.22. The standard InChI is InChI=1S/C11H14N2O3S/c1-16-7-2-3-9(14)8(6-7)11(15)13-5-4-10(12)17/h2-3,6,14H,4-5H2,1H3,(H2,12,17)(H,13,15). The third-order valence-corrected chi connectivity index (χ3v) is 2.31. The maximum absolute atomic E-state index is 11.7. The molecule has 1 aromatic rings. The van der Waals surface area contributed by atoms with Crippen LogP contribution in [0.4, 0.5) is 0 Å². The van der Waals surface area contributed by atoms with E-state index < -0.39 is 5.91 Å². The second kappa shape index (κ2) is 6.05. The lowest BCUT2D eigenvalue weighted by Gasteiger charge is -2.08. The van der Waals surface area contributed by atoms with Crippen LogP contribution in [-0.4, -0.2) is 29.7 Å². The number of benzene rings is 1. The molecule has 0 bridgehead atoms. The first-order valence-corrected chi connectivity index (χ1v) is 5.39. The van der Waals surface area contributed by atoms with Gasteiger partial charge in [-0.15, -0.1) is 0 Å². The van der Waals surface area contributed by atoms with Crippen molar-refractivity contribution in [1.29, 1.82) is 0 Å². The fourth-order valence-corrected chi connectivity index (χ4v) is 1.32. The van der Waals surface area contributed by atoms with Crippen LogP contribution in [0.15, 0.2) is 18.2 Å². The topological polar surface area (TPSA) is 84.6 Å². The van der Waals surface area contributed by atoms with Gasteiger partial charge in [0.2, 0.25) is 0 Å². The number of ether oxygens (including phenoxy) is 1. The number of phenolic OH excluding ortho intramolecular Hbond substituents is 1. The van der Waals surface area contributed by atoms with E-state index in [0.29, 0.717) is 23.7 Å². The van der Waals surface area contributed by atoms with Gasteiger partial charge in [-0.1, -0.05) is 12.2 Å². The Morgan fingerprint density at radius 3 is 2.88 bits per heavy atom. The van der Waals surface area contributed by atoms with Crippen LogP contribution in [-0.2, 0) is 0 Å². The molecule has 4 N–H and O–H groups in total. The summed E-state index contributed by atoms with van der Waals surface area (Å²) in [5.74, 6) is 0.0126. The number of methoxy groups -OCH3 is 1. The molecule has 0 spiro atoms.